The first-order valence-electron chi connectivity index (χ1n) is 4.82. The zero-order valence-electron chi connectivity index (χ0n) is 9.36. The fraction of sp³-hybridized carbons (Fsp3) is 0.700. The zero-order valence-corrected chi connectivity index (χ0v) is 9.36. The minimum absolute atomic E-state index is 0.350. The number of hydrogen-bond donors (Lipinski definition) is 0. The van der Waals surface area contributed by atoms with Crippen LogP contribution in [0.25, 0.3) is 0 Å². The second kappa shape index (κ2) is 7.51. The van der Waals surface area contributed by atoms with Crippen LogP contribution in [0.1, 0.15) is 26.2 Å². The topological polar surface area (TPSA) is 85.2 Å². The zero-order chi connectivity index (χ0) is 12.4. The maximum Gasteiger partial charge on any atom is 0.334 e. The van der Waals surface area contributed by atoms with Crippen LogP contribution in [-0.2, 0) is 19.1 Å². The molecule has 0 aliphatic heterocycles. The Balaban J connectivity index is 4.28. The van der Waals surface area contributed by atoms with Crippen molar-refractivity contribution in [2.75, 3.05) is 13.7 Å². The predicted molar refractivity (Wildman–Crippen MR) is 55.4 cm³/mol. The van der Waals surface area contributed by atoms with Crippen molar-refractivity contribution in [1.29, 1.82) is 0 Å². The first kappa shape index (κ1) is 14.2. The van der Waals surface area contributed by atoms with E-state index in [-0.39, 0.29) is 0 Å². The first-order chi connectivity index (χ1) is 7.60. The van der Waals surface area contributed by atoms with Gasteiger partial charge in [0, 0.05) is 0 Å². The van der Waals surface area contributed by atoms with E-state index >= 15 is 0 Å². The molecule has 0 bridgehead atoms. The van der Waals surface area contributed by atoms with Crippen LogP contribution < -0.4 is 0 Å². The lowest BCUT2D eigenvalue weighted by Gasteiger charge is -2.19. The average Bonchev–Trinajstić information content (AvgIpc) is 2.28. The number of hydrogen-bond acceptors (Lipinski definition) is 6. The van der Waals surface area contributed by atoms with E-state index in [1.807, 2.05) is 0 Å². The van der Waals surface area contributed by atoms with Crippen molar-refractivity contribution in [3.8, 4) is 0 Å². The third-order valence-corrected chi connectivity index (χ3v) is 2.17. The molecule has 0 saturated carbocycles. The highest BCUT2D eigenvalue weighted by Crippen LogP contribution is 2.20. The molecule has 6 nitrogen and oxygen atoms in total. The highest BCUT2D eigenvalue weighted by Gasteiger charge is 2.33. The SMILES string of the molecule is COC(=O)C(C)(CCCCN=C=O)N=C=O. The smallest absolute Gasteiger partial charge is 0.334 e. The summed E-state index contributed by atoms with van der Waals surface area (Å²) < 4.78 is 4.55. The van der Waals surface area contributed by atoms with Crippen LogP contribution in [0.5, 0.6) is 0 Å². The summed E-state index contributed by atoms with van der Waals surface area (Å²) in [6.45, 7) is 1.86. The van der Waals surface area contributed by atoms with Crippen LogP contribution in [0.3, 0.4) is 0 Å². The summed E-state index contributed by atoms with van der Waals surface area (Å²) >= 11 is 0. The van der Waals surface area contributed by atoms with E-state index in [1.165, 1.54) is 26.2 Å². The summed E-state index contributed by atoms with van der Waals surface area (Å²) in [5.74, 6) is -0.574. The number of carbonyl (C=O) groups excluding carboxylic acids is 3. The van der Waals surface area contributed by atoms with Gasteiger partial charge in [0.05, 0.1) is 13.7 Å². The van der Waals surface area contributed by atoms with Crippen LogP contribution in [-0.4, -0.2) is 37.3 Å². The molecule has 0 amide bonds. The second-order valence-corrected chi connectivity index (χ2v) is 3.40. The number of nitrogens with zero attached hydrogens (tertiary/aromatic N) is 2. The molecular formula is C10H14N2O4. The lowest BCUT2D eigenvalue weighted by atomic mass is 9.96. The molecule has 6 heteroatoms. The molecule has 0 radical (unpaired) electrons. The van der Waals surface area contributed by atoms with E-state index in [4.69, 9.17) is 0 Å². The number of rotatable bonds is 7. The second-order valence-electron chi connectivity index (χ2n) is 3.40. The summed E-state index contributed by atoms with van der Waals surface area (Å²) in [6.07, 6.45) is 4.36. The fourth-order valence-electron chi connectivity index (χ4n) is 1.23. The Morgan fingerprint density at radius 1 is 1.31 bits per heavy atom. The summed E-state index contributed by atoms with van der Waals surface area (Å²) in [6, 6.07) is 0. The lowest BCUT2D eigenvalue weighted by Crippen LogP contribution is -2.34. The molecule has 0 aliphatic carbocycles. The fourth-order valence-corrected chi connectivity index (χ4v) is 1.23. The lowest BCUT2D eigenvalue weighted by molar-refractivity contribution is -0.146. The molecule has 0 heterocycles. The van der Waals surface area contributed by atoms with Gasteiger partial charge in [-0.2, -0.15) is 4.99 Å². The van der Waals surface area contributed by atoms with Gasteiger partial charge >= 0.3 is 5.97 Å². The molecule has 0 aromatic carbocycles. The van der Waals surface area contributed by atoms with E-state index in [2.05, 4.69) is 14.7 Å². The number of methoxy groups -OCH3 is 1. The van der Waals surface area contributed by atoms with E-state index < -0.39 is 11.5 Å². The van der Waals surface area contributed by atoms with Gasteiger partial charge in [0.2, 0.25) is 12.2 Å². The maximum atomic E-state index is 11.4. The largest absolute Gasteiger partial charge is 0.467 e. The van der Waals surface area contributed by atoms with Crippen molar-refractivity contribution in [2.45, 2.75) is 31.7 Å². The van der Waals surface area contributed by atoms with Crippen molar-refractivity contribution >= 4 is 18.1 Å². The van der Waals surface area contributed by atoms with Gasteiger partial charge in [-0.15, -0.1) is 0 Å². The molecule has 1 atom stereocenters. The number of isocyanates is 2. The van der Waals surface area contributed by atoms with Gasteiger partial charge in [0.15, 0.2) is 5.54 Å². The Labute approximate surface area is 93.4 Å². The van der Waals surface area contributed by atoms with Crippen LogP contribution in [0.15, 0.2) is 9.98 Å². The van der Waals surface area contributed by atoms with Gasteiger partial charge in [0.25, 0.3) is 0 Å². The number of aliphatic imine (C=N–C) groups is 2. The number of ether oxygens (including phenoxy) is 1. The number of carbonyl (C=O) groups is 1. The van der Waals surface area contributed by atoms with Crippen molar-refractivity contribution in [3.05, 3.63) is 0 Å². The predicted octanol–water partition coefficient (Wildman–Crippen LogP) is 0.760. The van der Waals surface area contributed by atoms with Crippen molar-refractivity contribution < 1.29 is 19.1 Å². The molecule has 0 saturated heterocycles. The minimum atomic E-state index is -1.19. The molecule has 1 unspecified atom stereocenters. The molecule has 0 fully saturated rings. The summed E-state index contributed by atoms with van der Waals surface area (Å²) in [5, 5.41) is 0. The van der Waals surface area contributed by atoms with Crippen LogP contribution in [0, 0.1) is 0 Å². The Kier molecular flexibility index (Phi) is 6.68. The van der Waals surface area contributed by atoms with Crippen molar-refractivity contribution in [3.63, 3.8) is 0 Å². The van der Waals surface area contributed by atoms with E-state index in [1.54, 1.807) is 0 Å². The van der Waals surface area contributed by atoms with Crippen LogP contribution in [0.4, 0.5) is 0 Å². The third kappa shape index (κ3) is 4.64. The van der Waals surface area contributed by atoms with Gasteiger partial charge in [-0.25, -0.2) is 19.4 Å². The summed E-state index contributed by atoms with van der Waals surface area (Å²) in [4.78, 5) is 38.2. The Hall–Kier alpha value is -1.77. The highest BCUT2D eigenvalue weighted by atomic mass is 16.5. The van der Waals surface area contributed by atoms with Gasteiger partial charge in [-0.05, 0) is 26.2 Å². The van der Waals surface area contributed by atoms with Gasteiger partial charge in [-0.3, -0.25) is 0 Å². The molecule has 0 spiro atoms. The highest BCUT2D eigenvalue weighted by molar-refractivity contribution is 5.81. The molecule has 0 N–H and O–H groups in total. The monoisotopic (exact) mass is 226 g/mol. The maximum absolute atomic E-state index is 11.4. The molecule has 16 heavy (non-hydrogen) atoms. The van der Waals surface area contributed by atoms with E-state index in [0.717, 1.165) is 0 Å². The Bertz CT molecular complexity index is 330. The molecule has 0 aliphatic rings. The molecular weight excluding hydrogens is 212 g/mol. The Morgan fingerprint density at radius 3 is 2.50 bits per heavy atom. The number of unbranched alkanes of at least 4 members (excludes halogenated alkanes) is 1. The molecule has 88 valence electrons. The van der Waals surface area contributed by atoms with Crippen LogP contribution >= 0.6 is 0 Å². The first-order valence-corrected chi connectivity index (χ1v) is 4.82. The average molecular weight is 226 g/mol. The summed E-state index contributed by atoms with van der Waals surface area (Å²) in [7, 11) is 1.23. The van der Waals surface area contributed by atoms with Crippen molar-refractivity contribution in [2.24, 2.45) is 9.98 Å². The Morgan fingerprint density at radius 2 is 2.00 bits per heavy atom. The van der Waals surface area contributed by atoms with Gasteiger partial charge in [-0.1, -0.05) is 0 Å². The van der Waals surface area contributed by atoms with Crippen molar-refractivity contribution in [1.82, 2.24) is 0 Å². The normalized spacial score (nSPS) is 12.9. The number of esters is 1. The van der Waals surface area contributed by atoms with E-state index in [9.17, 15) is 14.4 Å². The molecule has 0 aromatic rings. The molecule has 0 rings (SSSR count). The third-order valence-electron chi connectivity index (χ3n) is 2.17. The standard InChI is InChI=1S/C10H14N2O4/c1-10(12-8-14,9(15)16-2)5-3-4-6-11-7-13/h3-6H2,1-2H3. The van der Waals surface area contributed by atoms with E-state index in [0.29, 0.717) is 25.8 Å². The van der Waals surface area contributed by atoms with Crippen LogP contribution in [0.2, 0.25) is 0 Å². The quantitative estimate of drug-likeness (QED) is 0.277. The summed E-state index contributed by atoms with van der Waals surface area (Å²) in [5.41, 5.74) is -1.19. The van der Waals surface area contributed by atoms with Gasteiger partial charge in [0.1, 0.15) is 0 Å². The molecule has 0 aromatic heterocycles. The minimum Gasteiger partial charge on any atom is -0.467 e. The van der Waals surface area contributed by atoms with Gasteiger partial charge < -0.3 is 4.74 Å².